The zero-order valence-electron chi connectivity index (χ0n) is 10.9. The second-order valence-corrected chi connectivity index (χ2v) is 4.17. The highest BCUT2D eigenvalue weighted by Gasteiger charge is 2.26. The van der Waals surface area contributed by atoms with Crippen molar-refractivity contribution in [3.05, 3.63) is 63.7 Å². The van der Waals surface area contributed by atoms with Crippen molar-refractivity contribution in [3.8, 4) is 6.07 Å². The molecule has 0 bridgehead atoms. The van der Waals surface area contributed by atoms with E-state index in [9.17, 15) is 18.9 Å². The number of nitrogens with zero attached hydrogens (tertiary/aromatic N) is 3. The summed E-state index contributed by atoms with van der Waals surface area (Å²) in [5.41, 5.74) is -0.669. The predicted octanol–water partition coefficient (Wildman–Crippen LogP) is 3.51. The van der Waals surface area contributed by atoms with Crippen molar-refractivity contribution in [2.75, 3.05) is 11.9 Å². The minimum Gasteiger partial charge on any atom is -0.335 e. The molecule has 7 heteroatoms. The number of halogens is 2. The normalized spacial score (nSPS) is 10.0. The van der Waals surface area contributed by atoms with E-state index in [1.807, 2.05) is 6.07 Å². The SMILES string of the molecule is CN(c1ccccc1C#N)c1c([N+](=O)[O-])ccc(F)c1F. The minimum absolute atomic E-state index is 0.193. The van der Waals surface area contributed by atoms with Crippen LogP contribution in [0.1, 0.15) is 5.56 Å². The van der Waals surface area contributed by atoms with Crippen molar-refractivity contribution in [1.82, 2.24) is 0 Å². The van der Waals surface area contributed by atoms with Crippen molar-refractivity contribution >= 4 is 17.1 Å². The van der Waals surface area contributed by atoms with E-state index in [1.54, 1.807) is 12.1 Å². The number of para-hydroxylation sites is 1. The lowest BCUT2D eigenvalue weighted by molar-refractivity contribution is -0.384. The van der Waals surface area contributed by atoms with Gasteiger partial charge in [-0.2, -0.15) is 5.26 Å². The van der Waals surface area contributed by atoms with Gasteiger partial charge in [-0.3, -0.25) is 10.1 Å². The first-order valence-corrected chi connectivity index (χ1v) is 5.82. The van der Waals surface area contributed by atoms with Crippen LogP contribution in [0.25, 0.3) is 0 Å². The van der Waals surface area contributed by atoms with Crippen molar-refractivity contribution < 1.29 is 13.7 Å². The van der Waals surface area contributed by atoms with E-state index in [-0.39, 0.29) is 11.3 Å². The molecule has 0 saturated carbocycles. The Kier molecular flexibility index (Phi) is 3.80. The number of benzene rings is 2. The van der Waals surface area contributed by atoms with E-state index in [0.717, 1.165) is 11.0 Å². The lowest BCUT2D eigenvalue weighted by Gasteiger charge is -2.21. The molecule has 0 unspecified atom stereocenters. The maximum Gasteiger partial charge on any atom is 0.296 e. The van der Waals surface area contributed by atoms with Gasteiger partial charge in [0.2, 0.25) is 0 Å². The molecule has 0 spiro atoms. The Hall–Kier alpha value is -3.01. The Morgan fingerprint density at radius 1 is 1.24 bits per heavy atom. The first-order chi connectivity index (χ1) is 9.97. The summed E-state index contributed by atoms with van der Waals surface area (Å²) >= 11 is 0. The van der Waals surface area contributed by atoms with Gasteiger partial charge in [-0.1, -0.05) is 12.1 Å². The van der Waals surface area contributed by atoms with Crippen LogP contribution in [-0.4, -0.2) is 12.0 Å². The van der Waals surface area contributed by atoms with Gasteiger partial charge in [0.1, 0.15) is 6.07 Å². The molecule has 106 valence electrons. The maximum absolute atomic E-state index is 14.0. The smallest absolute Gasteiger partial charge is 0.296 e. The molecule has 2 aromatic rings. The first-order valence-electron chi connectivity index (χ1n) is 5.82. The summed E-state index contributed by atoms with van der Waals surface area (Å²) in [5, 5.41) is 20.0. The van der Waals surface area contributed by atoms with E-state index in [1.165, 1.54) is 19.2 Å². The third-order valence-corrected chi connectivity index (χ3v) is 2.97. The van der Waals surface area contributed by atoms with Gasteiger partial charge in [0.25, 0.3) is 5.69 Å². The quantitative estimate of drug-likeness (QED) is 0.640. The van der Waals surface area contributed by atoms with Gasteiger partial charge < -0.3 is 4.90 Å². The van der Waals surface area contributed by atoms with Crippen LogP contribution in [0.5, 0.6) is 0 Å². The van der Waals surface area contributed by atoms with Gasteiger partial charge in [-0.25, -0.2) is 8.78 Å². The van der Waals surface area contributed by atoms with Gasteiger partial charge in [0.15, 0.2) is 17.3 Å². The molecule has 0 aliphatic rings. The molecule has 0 heterocycles. The van der Waals surface area contributed by atoms with Gasteiger partial charge in [-0.15, -0.1) is 0 Å². The number of hydrogen-bond donors (Lipinski definition) is 0. The average molecular weight is 289 g/mol. The van der Waals surface area contributed by atoms with Crippen LogP contribution in [0, 0.1) is 33.1 Å². The lowest BCUT2D eigenvalue weighted by Crippen LogP contribution is -2.15. The van der Waals surface area contributed by atoms with Crippen LogP contribution < -0.4 is 4.90 Å². The molecule has 0 fully saturated rings. The number of nitro groups is 1. The predicted molar refractivity (Wildman–Crippen MR) is 72.2 cm³/mol. The number of nitriles is 1. The van der Waals surface area contributed by atoms with Gasteiger partial charge in [0.05, 0.1) is 16.2 Å². The first kappa shape index (κ1) is 14.4. The Labute approximate surface area is 118 Å². The topological polar surface area (TPSA) is 70.2 Å². The molecule has 21 heavy (non-hydrogen) atoms. The monoisotopic (exact) mass is 289 g/mol. The van der Waals surface area contributed by atoms with E-state index in [0.29, 0.717) is 6.07 Å². The fraction of sp³-hybridized carbons (Fsp3) is 0.0714. The number of nitro benzene ring substituents is 1. The molecular weight excluding hydrogens is 280 g/mol. The fourth-order valence-corrected chi connectivity index (χ4v) is 1.98. The molecule has 0 aliphatic heterocycles. The fourth-order valence-electron chi connectivity index (χ4n) is 1.98. The molecule has 0 radical (unpaired) electrons. The summed E-state index contributed by atoms with van der Waals surface area (Å²) in [4.78, 5) is 11.3. The third kappa shape index (κ3) is 2.51. The van der Waals surface area contributed by atoms with Crippen molar-refractivity contribution in [2.24, 2.45) is 0 Å². The molecule has 0 aliphatic carbocycles. The standard InChI is InChI=1S/C14H9F2N3O2/c1-18(11-5-3-2-4-9(11)8-17)14-12(19(20)21)7-6-10(15)13(14)16/h2-7H,1H3. The van der Waals surface area contributed by atoms with E-state index in [2.05, 4.69) is 0 Å². The number of rotatable bonds is 3. The van der Waals surface area contributed by atoms with Crippen LogP contribution in [0.4, 0.5) is 25.8 Å². The Balaban J connectivity index is 2.69. The summed E-state index contributed by atoms with van der Waals surface area (Å²) in [6, 6.07) is 9.65. The summed E-state index contributed by atoms with van der Waals surface area (Å²) < 4.78 is 27.4. The number of anilines is 2. The van der Waals surface area contributed by atoms with Crippen LogP contribution in [0.2, 0.25) is 0 Å². The summed E-state index contributed by atoms with van der Waals surface area (Å²) in [6.45, 7) is 0. The largest absolute Gasteiger partial charge is 0.335 e. The second-order valence-electron chi connectivity index (χ2n) is 4.17. The summed E-state index contributed by atoms with van der Waals surface area (Å²) in [7, 11) is 1.33. The number of hydrogen-bond acceptors (Lipinski definition) is 4. The van der Waals surface area contributed by atoms with Crippen molar-refractivity contribution in [2.45, 2.75) is 0 Å². The van der Waals surface area contributed by atoms with E-state index < -0.39 is 27.9 Å². The second kappa shape index (κ2) is 5.54. The van der Waals surface area contributed by atoms with Gasteiger partial charge >= 0.3 is 0 Å². The third-order valence-electron chi connectivity index (χ3n) is 2.97. The zero-order chi connectivity index (χ0) is 15.6. The Bertz CT molecular complexity index is 756. The molecule has 0 saturated heterocycles. The van der Waals surface area contributed by atoms with Crippen LogP contribution in [0.3, 0.4) is 0 Å². The molecule has 0 atom stereocenters. The zero-order valence-corrected chi connectivity index (χ0v) is 10.9. The Morgan fingerprint density at radius 3 is 2.52 bits per heavy atom. The lowest BCUT2D eigenvalue weighted by atomic mass is 10.1. The molecule has 0 N–H and O–H groups in total. The molecule has 0 amide bonds. The average Bonchev–Trinajstić information content (AvgIpc) is 2.48. The van der Waals surface area contributed by atoms with Crippen LogP contribution >= 0.6 is 0 Å². The molecule has 2 aromatic carbocycles. The van der Waals surface area contributed by atoms with Crippen molar-refractivity contribution in [3.63, 3.8) is 0 Å². The molecule has 0 aromatic heterocycles. The minimum atomic E-state index is -1.33. The maximum atomic E-state index is 14.0. The highest BCUT2D eigenvalue weighted by Crippen LogP contribution is 2.37. The van der Waals surface area contributed by atoms with Gasteiger partial charge in [0, 0.05) is 13.1 Å². The highest BCUT2D eigenvalue weighted by atomic mass is 19.2. The summed E-state index contributed by atoms with van der Waals surface area (Å²) in [5.74, 6) is -2.53. The van der Waals surface area contributed by atoms with Crippen LogP contribution in [-0.2, 0) is 0 Å². The van der Waals surface area contributed by atoms with E-state index >= 15 is 0 Å². The molecule has 2 rings (SSSR count). The summed E-state index contributed by atoms with van der Waals surface area (Å²) in [6.07, 6.45) is 0. The van der Waals surface area contributed by atoms with E-state index in [4.69, 9.17) is 5.26 Å². The molecular formula is C14H9F2N3O2. The van der Waals surface area contributed by atoms with Gasteiger partial charge in [-0.05, 0) is 18.2 Å². The highest BCUT2D eigenvalue weighted by molar-refractivity contribution is 5.75. The Morgan fingerprint density at radius 2 is 1.90 bits per heavy atom. The molecule has 5 nitrogen and oxygen atoms in total. The van der Waals surface area contributed by atoms with Crippen LogP contribution in [0.15, 0.2) is 36.4 Å². The van der Waals surface area contributed by atoms with Crippen molar-refractivity contribution in [1.29, 1.82) is 5.26 Å².